The van der Waals surface area contributed by atoms with Crippen molar-refractivity contribution in [3.63, 3.8) is 0 Å². The first-order valence-electron chi connectivity index (χ1n) is 13.0. The summed E-state index contributed by atoms with van der Waals surface area (Å²) in [5, 5.41) is 0. The summed E-state index contributed by atoms with van der Waals surface area (Å²) in [6.07, 6.45) is 1.05. The summed E-state index contributed by atoms with van der Waals surface area (Å²) in [5.74, 6) is -0.0573. The van der Waals surface area contributed by atoms with Gasteiger partial charge in [0.05, 0.1) is 34.8 Å². The molecular formula is C30H30F2N2O5S. The first-order chi connectivity index (χ1) is 18.9. The normalized spacial score (nSPS) is 16.3. The highest BCUT2D eigenvalue weighted by molar-refractivity contribution is 7.91. The number of fused-ring (bicyclic) bond motifs is 1. The van der Waals surface area contributed by atoms with Gasteiger partial charge in [0.15, 0.2) is 5.78 Å². The number of Topliss-reactive ketones (excluding diaryl/α,β-unsaturated/α-hetero) is 1. The van der Waals surface area contributed by atoms with E-state index in [9.17, 15) is 26.8 Å². The van der Waals surface area contributed by atoms with Gasteiger partial charge in [0, 0.05) is 18.1 Å². The van der Waals surface area contributed by atoms with Crippen LogP contribution in [0.5, 0.6) is 5.75 Å². The third-order valence-electron chi connectivity index (χ3n) is 7.63. The lowest BCUT2D eigenvalue weighted by Crippen LogP contribution is -2.33. The minimum absolute atomic E-state index is 0.0725. The van der Waals surface area contributed by atoms with E-state index in [2.05, 4.69) is 4.74 Å². The quantitative estimate of drug-likeness (QED) is 0.261. The number of alkyl halides is 2. The van der Waals surface area contributed by atoms with Crippen molar-refractivity contribution in [2.24, 2.45) is 5.41 Å². The molecule has 10 heteroatoms. The molecule has 1 aromatic heterocycles. The Bertz CT molecular complexity index is 1730. The Balaban J connectivity index is 1.57. The standard InChI is InChI=1S/C30H30F2N2O5S/c1-20-6-8-21(9-7-20)19-33-26-16-22(27(35)18-30(2)12-14-40(37,38)15-13-30)10-11-25(26)34(29(33)36)23-4-3-5-24(17-23)39-28(31)32/h3-11,16-17,28H,12-15,18-19H2,1-2H3. The number of rotatable bonds is 8. The van der Waals surface area contributed by atoms with Crippen molar-refractivity contribution >= 4 is 26.7 Å². The molecule has 3 aromatic carbocycles. The molecule has 1 fully saturated rings. The van der Waals surface area contributed by atoms with Crippen LogP contribution >= 0.6 is 0 Å². The first-order valence-corrected chi connectivity index (χ1v) is 14.8. The van der Waals surface area contributed by atoms with Gasteiger partial charge in [-0.15, -0.1) is 0 Å². The van der Waals surface area contributed by atoms with Crippen molar-refractivity contribution in [2.75, 3.05) is 11.5 Å². The fourth-order valence-corrected chi connectivity index (χ4v) is 7.02. The maximum absolute atomic E-state index is 13.8. The Hall–Kier alpha value is -3.79. The molecule has 0 saturated carbocycles. The number of sulfone groups is 1. The van der Waals surface area contributed by atoms with E-state index in [1.165, 1.54) is 22.8 Å². The predicted octanol–water partition coefficient (Wildman–Crippen LogP) is 5.54. The van der Waals surface area contributed by atoms with Gasteiger partial charge in [-0.25, -0.2) is 13.2 Å². The van der Waals surface area contributed by atoms with Crippen LogP contribution in [0.1, 0.15) is 47.7 Å². The maximum Gasteiger partial charge on any atom is 0.387 e. The van der Waals surface area contributed by atoms with Crippen molar-refractivity contribution < 1.29 is 26.7 Å². The molecule has 1 aliphatic heterocycles. The maximum atomic E-state index is 13.8. The fraction of sp³-hybridized carbons (Fsp3) is 0.333. The lowest BCUT2D eigenvalue weighted by molar-refractivity contribution is -0.0498. The zero-order valence-electron chi connectivity index (χ0n) is 22.3. The van der Waals surface area contributed by atoms with Crippen LogP contribution in [-0.4, -0.2) is 41.5 Å². The number of imidazole rings is 1. The van der Waals surface area contributed by atoms with E-state index >= 15 is 0 Å². The number of carbonyl (C=O) groups excluding carboxylic acids is 1. The second kappa shape index (κ2) is 10.6. The van der Waals surface area contributed by atoms with Gasteiger partial charge in [-0.05, 0) is 61.1 Å². The number of ether oxygens (including phenoxy) is 1. The SMILES string of the molecule is Cc1ccc(Cn2c(=O)n(-c3cccc(OC(F)F)c3)c3ccc(C(=O)CC4(C)CCS(=O)(=O)CC4)cc32)cc1. The van der Waals surface area contributed by atoms with Crippen molar-refractivity contribution in [3.05, 3.63) is 93.9 Å². The number of carbonyl (C=O) groups is 1. The summed E-state index contributed by atoms with van der Waals surface area (Å²) in [4.78, 5) is 27.2. The summed E-state index contributed by atoms with van der Waals surface area (Å²) in [6.45, 7) is 1.14. The molecule has 4 aromatic rings. The third kappa shape index (κ3) is 5.86. The van der Waals surface area contributed by atoms with Gasteiger partial charge >= 0.3 is 12.3 Å². The number of hydrogen-bond donors (Lipinski definition) is 0. The van der Waals surface area contributed by atoms with Gasteiger partial charge in [-0.2, -0.15) is 8.78 Å². The van der Waals surface area contributed by atoms with Gasteiger partial charge in [0.2, 0.25) is 0 Å². The van der Waals surface area contributed by atoms with Crippen molar-refractivity contribution in [1.29, 1.82) is 0 Å². The monoisotopic (exact) mass is 568 g/mol. The topological polar surface area (TPSA) is 87.4 Å². The number of aryl methyl sites for hydroxylation is 1. The first kappa shape index (κ1) is 27.8. The molecule has 0 aliphatic carbocycles. The van der Waals surface area contributed by atoms with Crippen LogP contribution in [-0.2, 0) is 16.4 Å². The average molecular weight is 569 g/mol. The lowest BCUT2D eigenvalue weighted by atomic mass is 9.78. The number of nitrogens with zero attached hydrogens (tertiary/aromatic N) is 2. The van der Waals surface area contributed by atoms with E-state index in [1.807, 2.05) is 38.1 Å². The summed E-state index contributed by atoms with van der Waals surface area (Å²) in [5.41, 5.74) is 2.96. The van der Waals surface area contributed by atoms with Crippen LogP contribution < -0.4 is 10.4 Å². The second-order valence-corrected chi connectivity index (χ2v) is 13.1. The molecule has 0 spiro atoms. The molecule has 2 heterocycles. The summed E-state index contributed by atoms with van der Waals surface area (Å²) in [6, 6.07) is 18.7. The molecule has 0 N–H and O–H groups in total. The Morgan fingerprint density at radius 2 is 1.70 bits per heavy atom. The summed E-state index contributed by atoms with van der Waals surface area (Å²) >= 11 is 0. The Labute approximate surface area is 230 Å². The number of benzene rings is 3. The van der Waals surface area contributed by atoms with Crippen LogP contribution in [0.4, 0.5) is 8.78 Å². The van der Waals surface area contributed by atoms with E-state index in [4.69, 9.17) is 0 Å². The van der Waals surface area contributed by atoms with E-state index in [0.29, 0.717) is 35.1 Å². The third-order valence-corrected chi connectivity index (χ3v) is 9.29. The molecular weight excluding hydrogens is 538 g/mol. The molecule has 0 unspecified atom stereocenters. The molecule has 1 aliphatic rings. The smallest absolute Gasteiger partial charge is 0.387 e. The van der Waals surface area contributed by atoms with E-state index in [-0.39, 0.29) is 41.7 Å². The molecule has 1 saturated heterocycles. The highest BCUT2D eigenvalue weighted by atomic mass is 32.2. The Morgan fingerprint density at radius 1 is 1.00 bits per heavy atom. The Morgan fingerprint density at radius 3 is 2.38 bits per heavy atom. The average Bonchev–Trinajstić information content (AvgIpc) is 3.17. The minimum Gasteiger partial charge on any atom is -0.435 e. The summed E-state index contributed by atoms with van der Waals surface area (Å²) < 4.78 is 57.1. The van der Waals surface area contributed by atoms with Crippen LogP contribution in [0.15, 0.2) is 71.5 Å². The van der Waals surface area contributed by atoms with Crippen LogP contribution in [0.25, 0.3) is 16.7 Å². The number of halogens is 2. The van der Waals surface area contributed by atoms with Crippen LogP contribution in [0, 0.1) is 12.3 Å². The molecule has 40 heavy (non-hydrogen) atoms. The van der Waals surface area contributed by atoms with E-state index < -0.39 is 21.9 Å². The van der Waals surface area contributed by atoms with Crippen molar-refractivity contribution in [3.8, 4) is 11.4 Å². The van der Waals surface area contributed by atoms with Gasteiger partial charge < -0.3 is 4.74 Å². The lowest BCUT2D eigenvalue weighted by Gasteiger charge is -2.32. The molecule has 0 atom stereocenters. The summed E-state index contributed by atoms with van der Waals surface area (Å²) in [7, 11) is -3.06. The number of hydrogen-bond acceptors (Lipinski definition) is 5. The molecule has 210 valence electrons. The van der Waals surface area contributed by atoms with Gasteiger partial charge in [-0.1, -0.05) is 42.8 Å². The Kier molecular flexibility index (Phi) is 7.39. The highest BCUT2D eigenvalue weighted by Gasteiger charge is 2.35. The zero-order valence-corrected chi connectivity index (χ0v) is 23.1. The number of aromatic nitrogens is 2. The molecule has 0 amide bonds. The van der Waals surface area contributed by atoms with Crippen molar-refractivity contribution in [2.45, 2.75) is 46.3 Å². The van der Waals surface area contributed by atoms with E-state index in [1.54, 1.807) is 28.8 Å². The van der Waals surface area contributed by atoms with Crippen LogP contribution in [0.3, 0.4) is 0 Å². The van der Waals surface area contributed by atoms with E-state index in [0.717, 1.165) is 11.1 Å². The molecule has 5 rings (SSSR count). The predicted molar refractivity (Wildman–Crippen MR) is 149 cm³/mol. The molecule has 7 nitrogen and oxygen atoms in total. The van der Waals surface area contributed by atoms with Gasteiger partial charge in [0.25, 0.3) is 0 Å². The second-order valence-electron chi connectivity index (χ2n) is 10.8. The number of ketones is 1. The highest BCUT2D eigenvalue weighted by Crippen LogP contribution is 2.37. The van der Waals surface area contributed by atoms with Gasteiger partial charge in [-0.3, -0.25) is 13.9 Å². The van der Waals surface area contributed by atoms with Gasteiger partial charge in [0.1, 0.15) is 15.6 Å². The minimum atomic E-state index is -3.06. The van der Waals surface area contributed by atoms with Crippen molar-refractivity contribution in [1.82, 2.24) is 9.13 Å². The largest absolute Gasteiger partial charge is 0.435 e. The fourth-order valence-electron chi connectivity index (χ4n) is 5.20. The molecule has 0 radical (unpaired) electrons. The van der Waals surface area contributed by atoms with Crippen LogP contribution in [0.2, 0.25) is 0 Å². The molecule has 0 bridgehead atoms. The zero-order chi connectivity index (χ0) is 28.7.